The van der Waals surface area contributed by atoms with Gasteiger partial charge in [0.05, 0.1) is 4.92 Å². The molecule has 1 amide bonds. The van der Waals surface area contributed by atoms with E-state index in [1.54, 1.807) is 25.1 Å². The summed E-state index contributed by atoms with van der Waals surface area (Å²) in [4.78, 5) is 22.9. The maximum atomic E-state index is 11.1. The van der Waals surface area contributed by atoms with Crippen LogP contribution < -0.4 is 5.32 Å². The van der Waals surface area contributed by atoms with Crippen LogP contribution in [0.1, 0.15) is 12.0 Å². The number of carboxylic acid groups (broad SMARTS) is 1. The number of hydrogen-bond donors (Lipinski definition) is 2. The summed E-state index contributed by atoms with van der Waals surface area (Å²) in [6.07, 6.45) is -0.132. The Labute approximate surface area is 116 Å². The molecule has 20 heavy (non-hydrogen) atoms. The molecule has 0 radical (unpaired) electrons. The quantitative estimate of drug-likeness (QED) is 0.651. The van der Waals surface area contributed by atoms with Crippen LogP contribution in [0.2, 0.25) is 0 Å². The van der Waals surface area contributed by atoms with Crippen molar-refractivity contribution in [3.63, 3.8) is 0 Å². The molecule has 1 saturated heterocycles. The van der Waals surface area contributed by atoms with Crippen molar-refractivity contribution in [2.24, 2.45) is 5.92 Å². The number of likely N-dealkylation sites (tertiary alicyclic amines) is 1. The van der Waals surface area contributed by atoms with Crippen LogP contribution in [0.3, 0.4) is 0 Å². The lowest BCUT2D eigenvalue weighted by molar-refractivity contribution is -0.384. The number of aryl methyl sites for hydroxylation is 1. The van der Waals surface area contributed by atoms with Gasteiger partial charge in [0.25, 0.3) is 5.69 Å². The van der Waals surface area contributed by atoms with Gasteiger partial charge in [-0.25, -0.2) is 4.79 Å². The average Bonchev–Trinajstić information content (AvgIpc) is 2.84. The average molecular weight is 279 g/mol. The summed E-state index contributed by atoms with van der Waals surface area (Å²) in [5, 5.41) is 23.0. The molecular formula is C13H17N3O4. The molecule has 0 saturated carbocycles. The highest BCUT2D eigenvalue weighted by atomic mass is 16.6. The number of anilines is 1. The highest BCUT2D eigenvalue weighted by Crippen LogP contribution is 2.28. The molecule has 2 rings (SSSR count). The maximum absolute atomic E-state index is 11.1. The lowest BCUT2D eigenvalue weighted by atomic mass is 10.1. The van der Waals surface area contributed by atoms with Gasteiger partial charge in [-0.3, -0.25) is 10.1 Å². The van der Waals surface area contributed by atoms with Crippen molar-refractivity contribution in [2.75, 3.05) is 25.0 Å². The van der Waals surface area contributed by atoms with Crippen molar-refractivity contribution >= 4 is 17.5 Å². The van der Waals surface area contributed by atoms with E-state index in [1.807, 2.05) is 0 Å². The van der Waals surface area contributed by atoms with Crippen LogP contribution in [0.4, 0.5) is 16.2 Å². The molecule has 108 valence electrons. The van der Waals surface area contributed by atoms with E-state index in [0.29, 0.717) is 30.9 Å². The van der Waals surface area contributed by atoms with Crippen LogP contribution in [0, 0.1) is 23.0 Å². The first-order chi connectivity index (χ1) is 9.49. The minimum Gasteiger partial charge on any atom is -0.465 e. The lowest BCUT2D eigenvalue weighted by Gasteiger charge is -2.14. The summed E-state index contributed by atoms with van der Waals surface area (Å²) in [5.74, 6) is 0.186. The number of rotatable bonds is 4. The zero-order valence-corrected chi connectivity index (χ0v) is 11.2. The first kappa shape index (κ1) is 14.1. The maximum Gasteiger partial charge on any atom is 0.407 e. The number of amides is 1. The van der Waals surface area contributed by atoms with Crippen LogP contribution in [0.5, 0.6) is 0 Å². The molecule has 1 aromatic carbocycles. The minimum absolute atomic E-state index is 0.0839. The Morgan fingerprint density at radius 3 is 2.95 bits per heavy atom. The lowest BCUT2D eigenvalue weighted by Crippen LogP contribution is -2.27. The van der Waals surface area contributed by atoms with Crippen molar-refractivity contribution in [1.29, 1.82) is 0 Å². The number of nitrogens with one attached hydrogen (secondary N) is 1. The van der Waals surface area contributed by atoms with Crippen molar-refractivity contribution < 1.29 is 14.8 Å². The Morgan fingerprint density at radius 1 is 1.60 bits per heavy atom. The monoisotopic (exact) mass is 279 g/mol. The van der Waals surface area contributed by atoms with Crippen LogP contribution in [-0.4, -0.2) is 40.7 Å². The van der Waals surface area contributed by atoms with E-state index in [1.165, 1.54) is 4.90 Å². The van der Waals surface area contributed by atoms with E-state index in [9.17, 15) is 14.9 Å². The van der Waals surface area contributed by atoms with Gasteiger partial charge in [0.2, 0.25) is 0 Å². The van der Waals surface area contributed by atoms with E-state index in [0.717, 1.165) is 6.42 Å². The molecule has 1 atom stereocenters. The fourth-order valence-electron chi connectivity index (χ4n) is 2.47. The van der Waals surface area contributed by atoms with Gasteiger partial charge in [-0.1, -0.05) is 12.1 Å². The molecule has 0 aliphatic carbocycles. The summed E-state index contributed by atoms with van der Waals surface area (Å²) in [6.45, 7) is 3.23. The van der Waals surface area contributed by atoms with Crippen LogP contribution in [-0.2, 0) is 0 Å². The fourth-order valence-corrected chi connectivity index (χ4v) is 2.47. The molecule has 1 fully saturated rings. The van der Waals surface area contributed by atoms with E-state index < -0.39 is 11.0 Å². The SMILES string of the molecule is Cc1cccc(NC[C@@H]2CCN(C(=O)O)C2)c1[N+](=O)[O-]. The van der Waals surface area contributed by atoms with Gasteiger partial charge in [-0.05, 0) is 25.3 Å². The topological polar surface area (TPSA) is 95.7 Å². The van der Waals surface area contributed by atoms with Gasteiger partial charge >= 0.3 is 6.09 Å². The Balaban J connectivity index is 2.00. The van der Waals surface area contributed by atoms with Crippen molar-refractivity contribution in [2.45, 2.75) is 13.3 Å². The summed E-state index contributed by atoms with van der Waals surface area (Å²) < 4.78 is 0. The van der Waals surface area contributed by atoms with Crippen LogP contribution >= 0.6 is 0 Å². The molecule has 0 aromatic heterocycles. The number of nitro groups is 1. The zero-order valence-electron chi connectivity index (χ0n) is 11.2. The predicted octanol–water partition coefficient (Wildman–Crippen LogP) is 2.32. The second-order valence-electron chi connectivity index (χ2n) is 4.99. The number of nitro benzene ring substituents is 1. The highest BCUT2D eigenvalue weighted by Gasteiger charge is 2.26. The zero-order chi connectivity index (χ0) is 14.7. The second-order valence-corrected chi connectivity index (χ2v) is 4.99. The van der Waals surface area contributed by atoms with Gasteiger partial charge in [0.15, 0.2) is 0 Å². The Kier molecular flexibility index (Phi) is 4.07. The third-order valence-electron chi connectivity index (χ3n) is 3.56. The largest absolute Gasteiger partial charge is 0.465 e. The Hall–Kier alpha value is -2.31. The third kappa shape index (κ3) is 2.98. The Bertz CT molecular complexity index is 532. The molecule has 0 spiro atoms. The smallest absolute Gasteiger partial charge is 0.407 e. The number of para-hydroxylation sites is 1. The first-order valence-corrected chi connectivity index (χ1v) is 6.44. The van der Waals surface area contributed by atoms with Gasteiger partial charge in [0.1, 0.15) is 5.69 Å². The number of benzene rings is 1. The minimum atomic E-state index is -0.908. The van der Waals surface area contributed by atoms with Gasteiger partial charge < -0.3 is 15.3 Å². The normalized spacial score (nSPS) is 18.1. The third-order valence-corrected chi connectivity index (χ3v) is 3.56. The van der Waals surface area contributed by atoms with E-state index in [4.69, 9.17) is 5.11 Å². The van der Waals surface area contributed by atoms with E-state index in [2.05, 4.69) is 5.32 Å². The molecule has 0 bridgehead atoms. The fraction of sp³-hybridized carbons (Fsp3) is 0.462. The van der Waals surface area contributed by atoms with Crippen molar-refractivity contribution in [3.8, 4) is 0 Å². The molecule has 1 aliphatic heterocycles. The Morgan fingerprint density at radius 2 is 2.35 bits per heavy atom. The summed E-state index contributed by atoms with van der Waals surface area (Å²) in [6, 6.07) is 5.14. The first-order valence-electron chi connectivity index (χ1n) is 6.44. The standard InChI is InChI=1S/C13H17N3O4/c1-9-3-2-4-11(12(9)16(19)20)14-7-10-5-6-15(8-10)13(17)18/h2-4,10,14H,5-8H2,1H3,(H,17,18)/t10-/m0/s1. The number of hydrogen-bond acceptors (Lipinski definition) is 4. The molecule has 2 N–H and O–H groups in total. The van der Waals surface area contributed by atoms with Crippen LogP contribution in [0.25, 0.3) is 0 Å². The van der Waals surface area contributed by atoms with Crippen molar-refractivity contribution in [3.05, 3.63) is 33.9 Å². The number of nitrogens with zero attached hydrogens (tertiary/aromatic N) is 2. The molecule has 7 nitrogen and oxygen atoms in total. The highest BCUT2D eigenvalue weighted by molar-refractivity contribution is 5.66. The summed E-state index contributed by atoms with van der Waals surface area (Å²) in [5.41, 5.74) is 1.18. The predicted molar refractivity (Wildman–Crippen MR) is 74.0 cm³/mol. The van der Waals surface area contributed by atoms with Gasteiger partial charge in [-0.15, -0.1) is 0 Å². The van der Waals surface area contributed by atoms with Gasteiger partial charge in [0, 0.05) is 25.2 Å². The molecule has 1 heterocycles. The summed E-state index contributed by atoms with van der Waals surface area (Å²) in [7, 11) is 0. The molecule has 1 aromatic rings. The van der Waals surface area contributed by atoms with Crippen LogP contribution in [0.15, 0.2) is 18.2 Å². The summed E-state index contributed by atoms with van der Waals surface area (Å²) >= 11 is 0. The van der Waals surface area contributed by atoms with E-state index >= 15 is 0 Å². The molecular weight excluding hydrogens is 262 g/mol. The number of carbonyl (C=O) groups is 1. The van der Waals surface area contributed by atoms with E-state index in [-0.39, 0.29) is 11.6 Å². The molecule has 1 aliphatic rings. The van der Waals surface area contributed by atoms with Gasteiger partial charge in [-0.2, -0.15) is 0 Å². The second kappa shape index (κ2) is 5.77. The van der Waals surface area contributed by atoms with Crippen molar-refractivity contribution in [1.82, 2.24) is 4.90 Å². The molecule has 7 heteroatoms. The molecule has 0 unspecified atom stereocenters.